The Hall–Kier alpha value is -2.44. The maximum absolute atomic E-state index is 14.8. The molecule has 0 radical (unpaired) electrons. The molecule has 11 heteroatoms. The fourth-order valence-corrected chi connectivity index (χ4v) is 13.4. The van der Waals surface area contributed by atoms with Crippen molar-refractivity contribution < 1.29 is 32.2 Å². The number of hydrogen-bond donors (Lipinski definition) is 1. The van der Waals surface area contributed by atoms with Crippen LogP contribution in [0.1, 0.15) is 78.4 Å². The number of fused-ring (bicyclic) bond motifs is 1. The average Bonchev–Trinajstić information content (AvgIpc) is 3.51. The van der Waals surface area contributed by atoms with Gasteiger partial charge in [0.25, 0.3) is 0 Å². The highest BCUT2D eigenvalue weighted by molar-refractivity contribution is 7.89. The Morgan fingerprint density at radius 1 is 1.04 bits per heavy atom. The van der Waals surface area contributed by atoms with Gasteiger partial charge in [0.1, 0.15) is 17.0 Å². The smallest absolute Gasteiger partial charge is 0.416 e. The highest BCUT2D eigenvalue weighted by Crippen LogP contribution is 2.69. The Labute approximate surface area is 282 Å². The average molecular weight is 687 g/mol. The second kappa shape index (κ2) is 13.1. The number of hydrogen-bond acceptors (Lipinski definition) is 7. The largest absolute Gasteiger partial charge is 0.497 e. The van der Waals surface area contributed by atoms with E-state index in [0.717, 1.165) is 35.7 Å². The lowest BCUT2D eigenvalue weighted by Crippen LogP contribution is -2.70. The lowest BCUT2D eigenvalue weighted by molar-refractivity contribution is -0.0238. The van der Waals surface area contributed by atoms with E-state index < -0.39 is 41.1 Å². The normalized spacial score (nSPS) is 26.1. The minimum absolute atomic E-state index is 0.0602. The predicted octanol–water partition coefficient (Wildman–Crippen LogP) is 7.22. The summed E-state index contributed by atoms with van der Waals surface area (Å²) >= 11 is 0. The fraction of sp³-hybridized carbons (Fsp3) is 0.639. The Kier molecular flexibility index (Phi) is 10.0. The Morgan fingerprint density at radius 2 is 1.70 bits per heavy atom. The van der Waals surface area contributed by atoms with E-state index in [0.29, 0.717) is 37.3 Å². The first-order chi connectivity index (χ1) is 22.2. The molecule has 1 aliphatic carbocycles. The van der Waals surface area contributed by atoms with Gasteiger partial charge in [-0.3, -0.25) is 4.90 Å². The lowest BCUT2D eigenvalue weighted by Gasteiger charge is -2.56. The Balaban J connectivity index is 1.70. The zero-order valence-corrected chi connectivity index (χ0v) is 31.3. The van der Waals surface area contributed by atoms with Crippen LogP contribution in [0.25, 0.3) is 0 Å². The summed E-state index contributed by atoms with van der Waals surface area (Å²) in [6, 6.07) is 15.7. The van der Waals surface area contributed by atoms with Crippen LogP contribution in [0.15, 0.2) is 47.4 Å². The van der Waals surface area contributed by atoms with Crippen LogP contribution >= 0.6 is 0 Å². The maximum atomic E-state index is 14.8. The number of aryl methyl sites for hydroxylation is 1. The summed E-state index contributed by atoms with van der Waals surface area (Å²) in [6.07, 6.45) is 1.62. The number of carbonyl (C=O) groups is 1. The third-order valence-electron chi connectivity index (χ3n) is 11.4. The van der Waals surface area contributed by atoms with Crippen molar-refractivity contribution in [2.75, 3.05) is 31.8 Å². The van der Waals surface area contributed by atoms with Crippen molar-refractivity contribution in [3.63, 3.8) is 0 Å². The van der Waals surface area contributed by atoms with E-state index >= 15 is 0 Å². The van der Waals surface area contributed by atoms with Crippen LogP contribution in [0.2, 0.25) is 18.1 Å². The number of amides is 1. The molecule has 0 bridgehead atoms. The van der Waals surface area contributed by atoms with Gasteiger partial charge in [-0.1, -0.05) is 38.5 Å². The van der Waals surface area contributed by atoms with E-state index in [1.54, 1.807) is 46.6 Å². The molecule has 1 N–H and O–H groups in total. The number of rotatable bonds is 11. The molecule has 4 atom stereocenters. The molecule has 260 valence electrons. The van der Waals surface area contributed by atoms with Gasteiger partial charge in [0, 0.05) is 25.2 Å². The van der Waals surface area contributed by atoms with Gasteiger partial charge in [0.05, 0.1) is 17.7 Å². The number of nitrogens with zero attached hydrogens (tertiary/aromatic N) is 2. The summed E-state index contributed by atoms with van der Waals surface area (Å²) in [5.74, 6) is 0.340. The molecule has 1 saturated carbocycles. The minimum Gasteiger partial charge on any atom is -0.497 e. The molecule has 9 nitrogen and oxygen atoms in total. The van der Waals surface area contributed by atoms with Crippen molar-refractivity contribution in [3.8, 4) is 5.75 Å². The third kappa shape index (κ3) is 5.73. The summed E-state index contributed by atoms with van der Waals surface area (Å²) in [5.41, 5.74) is -0.657. The number of benzene rings is 2. The van der Waals surface area contributed by atoms with Crippen molar-refractivity contribution in [2.24, 2.45) is 11.8 Å². The molecule has 0 spiro atoms. The second-order valence-electron chi connectivity index (χ2n) is 14.6. The zero-order valence-electron chi connectivity index (χ0n) is 29.5. The maximum Gasteiger partial charge on any atom is 0.416 e. The summed E-state index contributed by atoms with van der Waals surface area (Å²) in [5, 5.41) is 11.4. The van der Waals surface area contributed by atoms with Crippen molar-refractivity contribution in [1.29, 1.82) is 0 Å². The highest BCUT2D eigenvalue weighted by atomic mass is 32.2. The number of aliphatic hydroxyl groups is 1. The standard InChI is InChI=1S/C36H54N2O7SSi/c1-9-47(10-2,11-3)44-23-19-27-18-20-36-35(31(27)25-39,21-22-37(36)46(41,42)29-15-12-26(4)13-16-29)30-24-28(43-8)14-17-32(30)38(36)33(40)45-34(5,6)7/h12-17,24,27,31,39H,9-11,18-23,25H2,1-8H3/t27-,31+,35-,36+/m0/s1. The van der Waals surface area contributed by atoms with Gasteiger partial charge in [-0.05, 0) is 119 Å². The zero-order chi connectivity index (χ0) is 34.4. The van der Waals surface area contributed by atoms with Crippen LogP contribution in [0.3, 0.4) is 0 Å². The first-order valence-corrected chi connectivity index (χ1v) is 21.2. The van der Waals surface area contributed by atoms with Crippen LogP contribution in [0.4, 0.5) is 10.5 Å². The predicted molar refractivity (Wildman–Crippen MR) is 187 cm³/mol. The van der Waals surface area contributed by atoms with Crippen LogP contribution in [0, 0.1) is 18.8 Å². The molecule has 0 aromatic heterocycles. The number of carbonyl (C=O) groups excluding carboxylic acids is 1. The summed E-state index contributed by atoms with van der Waals surface area (Å²) in [4.78, 5) is 16.2. The van der Waals surface area contributed by atoms with E-state index in [1.165, 1.54) is 0 Å². The molecule has 47 heavy (non-hydrogen) atoms. The van der Waals surface area contributed by atoms with E-state index in [-0.39, 0.29) is 29.9 Å². The second-order valence-corrected chi connectivity index (χ2v) is 21.2. The molecule has 2 aromatic carbocycles. The van der Waals surface area contributed by atoms with E-state index in [9.17, 15) is 18.3 Å². The van der Waals surface area contributed by atoms with Gasteiger partial charge in [-0.25, -0.2) is 13.2 Å². The van der Waals surface area contributed by atoms with Gasteiger partial charge in [-0.15, -0.1) is 0 Å². The van der Waals surface area contributed by atoms with Crippen LogP contribution in [-0.4, -0.2) is 70.4 Å². The van der Waals surface area contributed by atoms with Gasteiger partial charge in [-0.2, -0.15) is 4.31 Å². The topological polar surface area (TPSA) is 106 Å². The number of ether oxygens (including phenoxy) is 2. The van der Waals surface area contributed by atoms with Gasteiger partial charge in [0.2, 0.25) is 10.0 Å². The monoisotopic (exact) mass is 686 g/mol. The quantitative estimate of drug-likeness (QED) is 0.249. The molecular formula is C36H54N2O7SSi. The fourth-order valence-electron chi connectivity index (χ4n) is 8.92. The molecule has 1 amide bonds. The van der Waals surface area contributed by atoms with Gasteiger partial charge in [0.15, 0.2) is 8.32 Å². The van der Waals surface area contributed by atoms with Crippen molar-refractivity contribution in [3.05, 3.63) is 53.6 Å². The number of aliphatic hydroxyl groups excluding tert-OH is 1. The van der Waals surface area contributed by atoms with Crippen molar-refractivity contribution >= 4 is 30.1 Å². The highest BCUT2D eigenvalue weighted by Gasteiger charge is 2.76. The summed E-state index contributed by atoms with van der Waals surface area (Å²) in [6.45, 7) is 14.7. The number of sulfonamides is 1. The molecule has 2 aliphatic heterocycles. The molecule has 2 aromatic rings. The summed E-state index contributed by atoms with van der Waals surface area (Å²) in [7, 11) is -4.30. The first kappa shape index (κ1) is 35.9. The van der Waals surface area contributed by atoms with Gasteiger partial charge < -0.3 is 19.0 Å². The lowest BCUT2D eigenvalue weighted by atomic mass is 9.54. The van der Waals surface area contributed by atoms with Crippen molar-refractivity contribution in [1.82, 2.24) is 4.31 Å². The Bertz CT molecular complexity index is 1550. The molecular weight excluding hydrogens is 633 g/mol. The number of methoxy groups -OCH3 is 1. The first-order valence-electron chi connectivity index (χ1n) is 17.3. The van der Waals surface area contributed by atoms with E-state index in [1.807, 2.05) is 39.8 Å². The van der Waals surface area contributed by atoms with E-state index in [2.05, 4.69) is 20.8 Å². The Morgan fingerprint density at radius 3 is 2.28 bits per heavy atom. The van der Waals surface area contributed by atoms with Crippen LogP contribution < -0.4 is 9.64 Å². The minimum atomic E-state index is -4.08. The van der Waals surface area contributed by atoms with Crippen LogP contribution in [0.5, 0.6) is 5.75 Å². The molecule has 2 heterocycles. The SMILES string of the molecule is CC[Si](CC)(CC)OCC[C@@H]1CC[C@@]23N(C(=O)OC(C)(C)C)c4ccc(OC)cc4[C@@]2(CCN3S(=O)(=O)c2ccc(C)cc2)[C@@H]1CO. The molecule has 2 fully saturated rings. The van der Waals surface area contributed by atoms with Gasteiger partial charge >= 0.3 is 6.09 Å². The molecule has 3 aliphatic rings. The molecule has 0 unspecified atom stereocenters. The summed E-state index contributed by atoms with van der Waals surface area (Å²) < 4.78 is 49.5. The van der Waals surface area contributed by atoms with Crippen LogP contribution in [-0.2, 0) is 24.6 Å². The molecule has 5 rings (SSSR count). The van der Waals surface area contributed by atoms with Crippen molar-refractivity contribution in [2.45, 2.75) is 114 Å². The molecule has 1 saturated heterocycles. The third-order valence-corrected chi connectivity index (χ3v) is 18.0. The number of anilines is 1. The van der Waals surface area contributed by atoms with E-state index in [4.69, 9.17) is 13.9 Å².